The molecule has 1 N–H and O–H groups in total. The van der Waals surface area contributed by atoms with E-state index in [1.54, 1.807) is 25.3 Å². The number of hydrogen-bond donors (Lipinski definition) is 1. The van der Waals surface area contributed by atoms with Gasteiger partial charge in [0.25, 0.3) is 0 Å². The van der Waals surface area contributed by atoms with E-state index in [2.05, 4.69) is 6.92 Å². The fraction of sp³-hybridized carbons (Fsp3) is 0.133. The maximum Gasteiger partial charge on any atom is 0.153 e. The van der Waals surface area contributed by atoms with Gasteiger partial charge in [0.2, 0.25) is 0 Å². The second kappa shape index (κ2) is 7.12. The summed E-state index contributed by atoms with van der Waals surface area (Å²) < 4.78 is 4.97. The average Bonchev–Trinajstić information content (AvgIpc) is 2.41. The summed E-state index contributed by atoms with van der Waals surface area (Å²) in [6, 6.07) is 14.4. The molecule has 18 heavy (non-hydrogen) atoms. The maximum absolute atomic E-state index is 10.1. The zero-order valence-corrected chi connectivity index (χ0v) is 10.5. The first kappa shape index (κ1) is 13.8. The van der Waals surface area contributed by atoms with E-state index in [-0.39, 0.29) is 5.75 Å². The van der Waals surface area contributed by atoms with Crippen molar-refractivity contribution in [3.63, 3.8) is 0 Å². The van der Waals surface area contributed by atoms with Crippen molar-refractivity contribution in [1.29, 1.82) is 0 Å². The van der Waals surface area contributed by atoms with Crippen molar-refractivity contribution in [2.45, 2.75) is 6.92 Å². The molecule has 94 valence electrons. The van der Waals surface area contributed by atoms with Crippen LogP contribution >= 0.6 is 0 Å². The van der Waals surface area contributed by atoms with E-state index < -0.39 is 0 Å². The van der Waals surface area contributed by atoms with E-state index >= 15 is 0 Å². The Kier molecular flexibility index (Phi) is 5.45. The summed E-state index contributed by atoms with van der Waals surface area (Å²) in [6.07, 6.45) is 0.620. The molecule has 0 spiro atoms. The van der Waals surface area contributed by atoms with Gasteiger partial charge in [0.05, 0.1) is 12.7 Å². The molecule has 2 aromatic carbocycles. The van der Waals surface area contributed by atoms with Gasteiger partial charge in [0.15, 0.2) is 6.29 Å². The predicted octanol–water partition coefficient (Wildman–Crippen LogP) is 3.21. The Balaban J connectivity index is 0.000000180. The lowest BCUT2D eigenvalue weighted by Gasteiger charge is -1.97. The van der Waals surface area contributed by atoms with Crippen LogP contribution in [0.5, 0.6) is 11.5 Å². The lowest BCUT2D eigenvalue weighted by molar-refractivity contribution is 0.112. The van der Waals surface area contributed by atoms with E-state index in [1.807, 2.05) is 24.3 Å². The molecular formula is C15H16O3. The SMILES string of the molecule is COc1ccc(C)cc1.O=Cc1ccccc1O. The molecular weight excluding hydrogens is 228 g/mol. The Morgan fingerprint density at radius 3 is 2.11 bits per heavy atom. The molecule has 0 aliphatic carbocycles. The minimum Gasteiger partial charge on any atom is -0.507 e. The van der Waals surface area contributed by atoms with E-state index in [0.29, 0.717) is 11.8 Å². The molecule has 0 aliphatic rings. The van der Waals surface area contributed by atoms with Crippen molar-refractivity contribution in [2.24, 2.45) is 0 Å². The normalized spacial score (nSPS) is 9.00. The number of benzene rings is 2. The van der Waals surface area contributed by atoms with Crippen LogP contribution in [0.4, 0.5) is 0 Å². The van der Waals surface area contributed by atoms with Crippen LogP contribution in [-0.4, -0.2) is 18.5 Å². The molecule has 0 aliphatic heterocycles. The Bertz CT molecular complexity index is 489. The number of hydrogen-bond acceptors (Lipinski definition) is 3. The van der Waals surface area contributed by atoms with E-state index in [9.17, 15) is 4.79 Å². The largest absolute Gasteiger partial charge is 0.507 e. The van der Waals surface area contributed by atoms with E-state index in [0.717, 1.165) is 5.75 Å². The summed E-state index contributed by atoms with van der Waals surface area (Å²) in [7, 11) is 1.67. The van der Waals surface area contributed by atoms with Crippen LogP contribution in [-0.2, 0) is 0 Å². The molecule has 0 saturated carbocycles. The van der Waals surface area contributed by atoms with Gasteiger partial charge in [0, 0.05) is 0 Å². The Labute approximate surface area is 107 Å². The molecule has 0 radical (unpaired) electrons. The van der Waals surface area contributed by atoms with Crippen LogP contribution in [0.2, 0.25) is 0 Å². The molecule has 0 bridgehead atoms. The van der Waals surface area contributed by atoms with Crippen molar-refractivity contribution >= 4 is 6.29 Å². The van der Waals surface area contributed by atoms with Crippen molar-refractivity contribution in [1.82, 2.24) is 0 Å². The predicted molar refractivity (Wildman–Crippen MR) is 71.2 cm³/mol. The minimum absolute atomic E-state index is 0.0347. The fourth-order valence-corrected chi connectivity index (χ4v) is 1.26. The number of aldehydes is 1. The summed E-state index contributed by atoms with van der Waals surface area (Å²) >= 11 is 0. The lowest BCUT2D eigenvalue weighted by atomic mass is 10.2. The third-order valence-electron chi connectivity index (χ3n) is 2.32. The summed E-state index contributed by atoms with van der Waals surface area (Å²) in [4.78, 5) is 10.1. The summed E-state index contributed by atoms with van der Waals surface area (Å²) in [6.45, 7) is 2.06. The van der Waals surface area contributed by atoms with Gasteiger partial charge in [-0.3, -0.25) is 4.79 Å². The maximum atomic E-state index is 10.1. The summed E-state index contributed by atoms with van der Waals surface area (Å²) in [5.74, 6) is 0.952. The summed E-state index contributed by atoms with van der Waals surface area (Å²) in [5, 5.41) is 8.88. The molecule has 2 rings (SSSR count). The Hall–Kier alpha value is -2.29. The van der Waals surface area contributed by atoms with E-state index in [1.165, 1.54) is 11.6 Å². The van der Waals surface area contributed by atoms with Gasteiger partial charge >= 0.3 is 0 Å². The highest BCUT2D eigenvalue weighted by Crippen LogP contribution is 2.11. The molecule has 0 atom stereocenters. The molecule has 3 nitrogen and oxygen atoms in total. The smallest absolute Gasteiger partial charge is 0.153 e. The van der Waals surface area contributed by atoms with Crippen LogP contribution in [0.15, 0.2) is 48.5 Å². The molecule has 2 aromatic rings. The van der Waals surface area contributed by atoms with Gasteiger partial charge in [0.1, 0.15) is 11.5 Å². The Morgan fingerprint density at radius 2 is 1.67 bits per heavy atom. The number of aromatic hydroxyl groups is 1. The number of aryl methyl sites for hydroxylation is 1. The molecule has 3 heteroatoms. The van der Waals surface area contributed by atoms with Gasteiger partial charge in [-0.1, -0.05) is 29.8 Å². The highest BCUT2D eigenvalue weighted by atomic mass is 16.5. The number of phenols is 1. The minimum atomic E-state index is 0.0347. The van der Waals surface area contributed by atoms with Crippen LogP contribution in [0.25, 0.3) is 0 Å². The van der Waals surface area contributed by atoms with Crippen molar-refractivity contribution in [3.8, 4) is 11.5 Å². The first-order chi connectivity index (χ1) is 8.67. The third-order valence-corrected chi connectivity index (χ3v) is 2.32. The highest BCUT2D eigenvalue weighted by Gasteiger charge is 1.93. The molecule has 0 aromatic heterocycles. The fourth-order valence-electron chi connectivity index (χ4n) is 1.26. The lowest BCUT2D eigenvalue weighted by Crippen LogP contribution is -1.80. The monoisotopic (exact) mass is 244 g/mol. The molecule has 0 heterocycles. The zero-order chi connectivity index (χ0) is 13.4. The second-order valence-electron chi connectivity index (χ2n) is 3.69. The van der Waals surface area contributed by atoms with Crippen molar-refractivity contribution in [2.75, 3.05) is 7.11 Å². The number of methoxy groups -OCH3 is 1. The molecule has 0 amide bonds. The number of rotatable bonds is 2. The highest BCUT2D eigenvalue weighted by molar-refractivity contribution is 5.78. The van der Waals surface area contributed by atoms with Gasteiger partial charge in [-0.25, -0.2) is 0 Å². The first-order valence-electron chi connectivity index (χ1n) is 5.51. The van der Waals surface area contributed by atoms with Crippen LogP contribution in [0, 0.1) is 6.92 Å². The van der Waals surface area contributed by atoms with Gasteiger partial charge < -0.3 is 9.84 Å². The van der Waals surface area contributed by atoms with Gasteiger partial charge in [-0.05, 0) is 31.2 Å². The first-order valence-corrected chi connectivity index (χ1v) is 5.51. The topological polar surface area (TPSA) is 46.5 Å². The molecule has 0 saturated heterocycles. The van der Waals surface area contributed by atoms with Crippen LogP contribution in [0.3, 0.4) is 0 Å². The van der Waals surface area contributed by atoms with Gasteiger partial charge in [-0.2, -0.15) is 0 Å². The number of phenolic OH excluding ortho intramolecular Hbond substituents is 1. The van der Waals surface area contributed by atoms with Crippen LogP contribution in [0.1, 0.15) is 15.9 Å². The summed E-state index contributed by atoms with van der Waals surface area (Å²) in [5.41, 5.74) is 1.59. The standard InChI is InChI=1S/C8H10O.C7H6O2/c1-7-3-5-8(9-2)6-4-7;8-5-6-3-1-2-4-7(6)9/h3-6H,1-2H3;1-5,9H. The Morgan fingerprint density at radius 1 is 1.06 bits per heavy atom. The number of carbonyl (C=O) groups is 1. The number of carbonyl (C=O) groups excluding carboxylic acids is 1. The second-order valence-corrected chi connectivity index (χ2v) is 3.69. The molecule has 0 unspecified atom stereocenters. The van der Waals surface area contributed by atoms with Crippen molar-refractivity contribution < 1.29 is 14.6 Å². The zero-order valence-electron chi connectivity index (χ0n) is 10.5. The number of para-hydroxylation sites is 1. The van der Waals surface area contributed by atoms with E-state index in [4.69, 9.17) is 9.84 Å². The third kappa shape index (κ3) is 4.29. The van der Waals surface area contributed by atoms with Crippen molar-refractivity contribution in [3.05, 3.63) is 59.7 Å². The number of ether oxygens (including phenoxy) is 1. The van der Waals surface area contributed by atoms with Gasteiger partial charge in [-0.15, -0.1) is 0 Å². The quantitative estimate of drug-likeness (QED) is 0.825. The average molecular weight is 244 g/mol. The molecule has 0 fully saturated rings. The van der Waals surface area contributed by atoms with Crippen LogP contribution < -0.4 is 4.74 Å².